The fraction of sp³-hybridized carbons (Fsp3) is 0.222. The summed E-state index contributed by atoms with van der Waals surface area (Å²) in [5.74, 6) is -1.66. The summed E-state index contributed by atoms with van der Waals surface area (Å²) < 4.78 is 36.3. The zero-order valence-electron chi connectivity index (χ0n) is 24.6. The highest BCUT2D eigenvalue weighted by atomic mass is 19.2. The molecule has 2 aromatic carbocycles. The molecular weight excluding hydrogens is 540 g/mol. The van der Waals surface area contributed by atoms with Crippen molar-refractivity contribution >= 4 is 11.0 Å². The van der Waals surface area contributed by atoms with Crippen molar-refractivity contribution in [2.45, 2.75) is 52.5 Å². The van der Waals surface area contributed by atoms with E-state index in [9.17, 15) is 9.65 Å². The number of nitriles is 1. The van der Waals surface area contributed by atoms with Gasteiger partial charge < -0.3 is 0 Å². The van der Waals surface area contributed by atoms with Gasteiger partial charge in [0.15, 0.2) is 24.3 Å². The standard InChI is InChI=1S/C36H33F2N5/c1-4-10-26-11-6-7-12-30(26)34-20-31(37)36(38)24(3)42(34)28(5-2)19-29-23-41-18-9-8-13-33(41)35-21-32(40-43(29)35)27-16-14-25(22-39)15-17-27/h6-9,11-18,20-21,23,28H,4-5,10,19H2,1-3H3/q+2. The predicted molar refractivity (Wildman–Crippen MR) is 162 cm³/mol. The molecule has 4 aromatic heterocycles. The molecule has 6 aromatic rings. The average molecular weight is 574 g/mol. The van der Waals surface area contributed by atoms with Crippen LogP contribution in [0.3, 0.4) is 0 Å². The van der Waals surface area contributed by atoms with Crippen molar-refractivity contribution in [1.82, 2.24) is 9.61 Å². The van der Waals surface area contributed by atoms with E-state index in [4.69, 9.17) is 5.10 Å². The van der Waals surface area contributed by atoms with Crippen LogP contribution < -0.4 is 8.97 Å². The minimum atomic E-state index is -0.840. The molecule has 0 fully saturated rings. The first kappa shape index (κ1) is 28.2. The van der Waals surface area contributed by atoms with Crippen LogP contribution in [-0.4, -0.2) is 9.61 Å². The molecule has 0 aliphatic carbocycles. The lowest BCUT2D eigenvalue weighted by Gasteiger charge is -2.18. The summed E-state index contributed by atoms with van der Waals surface area (Å²) in [6.07, 6.45) is 7.11. The average Bonchev–Trinajstić information content (AvgIpc) is 3.49. The summed E-state index contributed by atoms with van der Waals surface area (Å²) in [4.78, 5) is 0. The Bertz CT molecular complexity index is 2000. The normalized spacial score (nSPS) is 12.1. The Labute approximate surface area is 249 Å². The number of nitrogens with zero attached hydrogens (tertiary/aromatic N) is 5. The van der Waals surface area contributed by atoms with Gasteiger partial charge in [-0.05, 0) is 42.3 Å². The largest absolute Gasteiger partial charge is 0.236 e. The monoisotopic (exact) mass is 573 g/mol. The van der Waals surface area contributed by atoms with Crippen molar-refractivity contribution in [1.29, 1.82) is 5.26 Å². The van der Waals surface area contributed by atoms with Crippen molar-refractivity contribution < 1.29 is 17.7 Å². The minimum Gasteiger partial charge on any atom is -0.224 e. The smallest absolute Gasteiger partial charge is 0.224 e. The van der Waals surface area contributed by atoms with E-state index in [0.717, 1.165) is 52.0 Å². The number of benzene rings is 2. The van der Waals surface area contributed by atoms with Crippen LogP contribution in [0.1, 0.15) is 55.2 Å². The van der Waals surface area contributed by atoms with Crippen LogP contribution in [0.4, 0.5) is 8.78 Å². The number of halogens is 2. The number of rotatable bonds is 8. The van der Waals surface area contributed by atoms with E-state index >= 15 is 4.39 Å². The summed E-state index contributed by atoms with van der Waals surface area (Å²) in [5.41, 5.74) is 8.16. The number of hydrogen-bond acceptors (Lipinski definition) is 2. The van der Waals surface area contributed by atoms with Crippen molar-refractivity contribution in [3.63, 3.8) is 0 Å². The van der Waals surface area contributed by atoms with Gasteiger partial charge in [-0.1, -0.05) is 50.6 Å². The fourth-order valence-electron chi connectivity index (χ4n) is 6.09. The molecule has 5 nitrogen and oxygen atoms in total. The van der Waals surface area contributed by atoms with Crippen LogP contribution in [-0.2, 0) is 12.8 Å². The molecule has 1 atom stereocenters. The van der Waals surface area contributed by atoms with Crippen molar-refractivity contribution in [3.8, 4) is 28.6 Å². The molecule has 7 heteroatoms. The lowest BCUT2D eigenvalue weighted by atomic mass is 9.97. The number of hydrogen-bond donors (Lipinski definition) is 0. The third-order valence-electron chi connectivity index (χ3n) is 8.24. The van der Waals surface area contributed by atoms with Crippen LogP contribution in [0.2, 0.25) is 0 Å². The summed E-state index contributed by atoms with van der Waals surface area (Å²) >= 11 is 0. The Balaban J connectivity index is 1.53. The molecule has 4 heterocycles. The van der Waals surface area contributed by atoms with Gasteiger partial charge in [-0.25, -0.2) is 8.91 Å². The Hall–Kier alpha value is -4.96. The minimum absolute atomic E-state index is 0.174. The fourth-order valence-corrected chi connectivity index (χ4v) is 6.09. The molecule has 214 valence electrons. The van der Waals surface area contributed by atoms with Gasteiger partial charge in [-0.2, -0.15) is 23.7 Å². The Kier molecular flexibility index (Phi) is 7.69. The molecule has 6 rings (SSSR count). The van der Waals surface area contributed by atoms with Gasteiger partial charge >= 0.3 is 0 Å². The Morgan fingerprint density at radius 2 is 1.74 bits per heavy atom. The first-order chi connectivity index (χ1) is 20.9. The molecule has 43 heavy (non-hydrogen) atoms. The maximum atomic E-state index is 15.2. The van der Waals surface area contributed by atoms with E-state index in [1.54, 1.807) is 19.1 Å². The zero-order valence-corrected chi connectivity index (χ0v) is 24.6. The topological polar surface area (TPSA) is 49.1 Å². The molecular formula is C36H33F2N5+2. The molecule has 0 spiro atoms. The SMILES string of the molecule is CCCc1ccccc1-c1cc(F)c(F)c(C)[n+]1C(CC)Cc1c[n+]2ccccc2c2cc(-c3ccc(C#N)cc3)nn12. The first-order valence-electron chi connectivity index (χ1n) is 14.7. The van der Waals surface area contributed by atoms with Gasteiger partial charge in [-0.15, -0.1) is 0 Å². The second-order valence-corrected chi connectivity index (χ2v) is 10.9. The lowest BCUT2D eigenvalue weighted by Crippen LogP contribution is -2.47. The van der Waals surface area contributed by atoms with Crippen molar-refractivity contribution in [2.24, 2.45) is 0 Å². The lowest BCUT2D eigenvalue weighted by molar-refractivity contribution is -0.720. The third kappa shape index (κ3) is 5.14. The molecule has 0 N–H and O–H groups in total. The molecule has 0 radical (unpaired) electrons. The van der Waals surface area contributed by atoms with E-state index in [1.807, 2.05) is 57.7 Å². The maximum Gasteiger partial charge on any atom is 0.236 e. The van der Waals surface area contributed by atoms with Crippen molar-refractivity contribution in [2.75, 3.05) is 0 Å². The van der Waals surface area contributed by atoms with Crippen LogP contribution in [0, 0.1) is 29.9 Å². The van der Waals surface area contributed by atoms with Crippen LogP contribution in [0.15, 0.2) is 91.3 Å². The molecule has 0 amide bonds. The highest BCUT2D eigenvalue weighted by molar-refractivity contribution is 5.77. The van der Waals surface area contributed by atoms with E-state index in [-0.39, 0.29) is 11.7 Å². The second-order valence-electron chi connectivity index (χ2n) is 10.9. The van der Waals surface area contributed by atoms with Gasteiger partial charge in [0.05, 0.1) is 23.7 Å². The molecule has 0 saturated carbocycles. The Morgan fingerprint density at radius 1 is 0.977 bits per heavy atom. The van der Waals surface area contributed by atoms with E-state index in [1.165, 1.54) is 6.07 Å². The zero-order chi connectivity index (χ0) is 30.1. The maximum absolute atomic E-state index is 15.2. The van der Waals surface area contributed by atoms with Crippen LogP contribution >= 0.6 is 0 Å². The summed E-state index contributed by atoms with van der Waals surface area (Å²) in [7, 11) is 0. The van der Waals surface area contributed by atoms with Gasteiger partial charge in [0, 0.05) is 42.7 Å². The summed E-state index contributed by atoms with van der Waals surface area (Å²) in [6.45, 7) is 5.86. The van der Waals surface area contributed by atoms with Gasteiger partial charge in [0.2, 0.25) is 22.7 Å². The van der Waals surface area contributed by atoms with E-state index in [0.29, 0.717) is 24.1 Å². The summed E-state index contributed by atoms with van der Waals surface area (Å²) in [6, 6.07) is 26.9. The number of aryl methyl sites for hydroxylation is 1. The van der Waals surface area contributed by atoms with Crippen molar-refractivity contribution in [3.05, 3.63) is 125 Å². The second kappa shape index (κ2) is 11.7. The van der Waals surface area contributed by atoms with Crippen LogP contribution in [0.5, 0.6) is 0 Å². The predicted octanol–water partition coefficient (Wildman–Crippen LogP) is 7.30. The van der Waals surface area contributed by atoms with E-state index < -0.39 is 11.6 Å². The quantitative estimate of drug-likeness (QED) is 0.180. The van der Waals surface area contributed by atoms with Crippen LogP contribution in [0.25, 0.3) is 33.5 Å². The number of aromatic nitrogens is 4. The molecule has 0 bridgehead atoms. The number of fused-ring (bicyclic) bond motifs is 3. The Morgan fingerprint density at radius 3 is 2.49 bits per heavy atom. The van der Waals surface area contributed by atoms with E-state index in [2.05, 4.69) is 48.7 Å². The third-order valence-corrected chi connectivity index (χ3v) is 8.24. The van der Waals surface area contributed by atoms with Gasteiger partial charge in [-0.3, -0.25) is 0 Å². The molecule has 0 saturated heterocycles. The molecule has 1 unspecified atom stereocenters. The summed E-state index contributed by atoms with van der Waals surface area (Å²) in [5, 5.41) is 14.3. The first-order valence-corrected chi connectivity index (χ1v) is 14.7. The molecule has 0 aliphatic heterocycles. The van der Waals surface area contributed by atoms with Gasteiger partial charge in [0.1, 0.15) is 11.2 Å². The molecule has 0 aliphatic rings. The highest BCUT2D eigenvalue weighted by Crippen LogP contribution is 2.29. The highest BCUT2D eigenvalue weighted by Gasteiger charge is 2.32. The number of pyridine rings is 2. The van der Waals surface area contributed by atoms with Gasteiger partial charge in [0.25, 0.3) is 0 Å².